The van der Waals surface area contributed by atoms with Crippen molar-refractivity contribution in [3.63, 3.8) is 0 Å². The van der Waals surface area contributed by atoms with Crippen molar-refractivity contribution in [2.75, 3.05) is 19.6 Å². The quantitative estimate of drug-likeness (QED) is 0.854. The lowest BCUT2D eigenvalue weighted by Crippen LogP contribution is -2.49. The molecule has 3 saturated heterocycles. The van der Waals surface area contributed by atoms with Gasteiger partial charge in [0.05, 0.1) is 5.25 Å². The zero-order valence-corrected chi connectivity index (χ0v) is 14.3. The summed E-state index contributed by atoms with van der Waals surface area (Å²) in [6, 6.07) is 10.6. The van der Waals surface area contributed by atoms with Crippen molar-refractivity contribution >= 4 is 10.0 Å². The molecular formula is C17H26N2O2S. The number of rotatable bonds is 4. The smallest absolute Gasteiger partial charge is 0.216 e. The van der Waals surface area contributed by atoms with Crippen LogP contribution in [0.5, 0.6) is 0 Å². The lowest BCUT2D eigenvalue weighted by Gasteiger charge is -2.36. The molecule has 0 saturated carbocycles. The van der Waals surface area contributed by atoms with Gasteiger partial charge >= 0.3 is 0 Å². The fourth-order valence-corrected chi connectivity index (χ4v) is 5.24. The normalized spacial score (nSPS) is 27.2. The molecule has 4 rings (SSSR count). The Kier molecular flexibility index (Phi) is 4.57. The van der Waals surface area contributed by atoms with Crippen LogP contribution in [0.2, 0.25) is 0 Å². The van der Waals surface area contributed by atoms with Crippen LogP contribution < -0.4 is 0 Å². The van der Waals surface area contributed by atoms with Gasteiger partial charge in [-0.05, 0) is 38.2 Å². The van der Waals surface area contributed by atoms with Crippen molar-refractivity contribution in [1.82, 2.24) is 9.21 Å². The zero-order valence-electron chi connectivity index (χ0n) is 13.5. The van der Waals surface area contributed by atoms with E-state index in [1.165, 1.54) is 5.56 Å². The first-order valence-corrected chi connectivity index (χ1v) is 9.74. The Labute approximate surface area is 134 Å². The number of benzene rings is 1. The summed E-state index contributed by atoms with van der Waals surface area (Å²) < 4.78 is 27.0. The van der Waals surface area contributed by atoms with Gasteiger partial charge in [-0.3, -0.25) is 4.90 Å². The molecule has 2 atom stereocenters. The summed E-state index contributed by atoms with van der Waals surface area (Å²) in [6.07, 6.45) is 2.15. The van der Waals surface area contributed by atoms with E-state index in [2.05, 4.69) is 29.2 Å². The first kappa shape index (κ1) is 16.0. The standard InChI is InChI=1S/C17H26N2O2S/c1-14(2)22(20,21)19-12-16-8-9-17(19)13-18(11-16)10-15-6-4-3-5-7-15/h3-7,14,16-17H,8-13H2,1-2H3/t16-,17+/m1/s1. The molecule has 0 amide bonds. The summed E-state index contributed by atoms with van der Waals surface area (Å²) in [4.78, 5) is 2.44. The van der Waals surface area contributed by atoms with Crippen molar-refractivity contribution < 1.29 is 8.42 Å². The van der Waals surface area contributed by atoms with Gasteiger partial charge in [0.2, 0.25) is 10.0 Å². The predicted molar refractivity (Wildman–Crippen MR) is 89.0 cm³/mol. The maximum Gasteiger partial charge on any atom is 0.216 e. The summed E-state index contributed by atoms with van der Waals surface area (Å²) in [7, 11) is -3.14. The van der Waals surface area contributed by atoms with Crippen molar-refractivity contribution in [3.8, 4) is 0 Å². The van der Waals surface area contributed by atoms with E-state index >= 15 is 0 Å². The monoisotopic (exact) mass is 322 g/mol. The molecule has 0 aromatic heterocycles. The molecule has 3 aliphatic heterocycles. The molecule has 122 valence electrons. The van der Waals surface area contributed by atoms with Gasteiger partial charge < -0.3 is 0 Å². The fourth-order valence-electron chi connectivity index (χ4n) is 3.69. The summed E-state index contributed by atoms with van der Waals surface area (Å²) in [5, 5.41) is -0.325. The molecule has 0 radical (unpaired) electrons. The van der Waals surface area contributed by atoms with Crippen LogP contribution in [0.1, 0.15) is 32.3 Å². The Morgan fingerprint density at radius 3 is 2.50 bits per heavy atom. The molecule has 3 aliphatic rings. The predicted octanol–water partition coefficient (Wildman–Crippen LogP) is 2.32. The topological polar surface area (TPSA) is 40.6 Å². The van der Waals surface area contributed by atoms with Crippen LogP contribution in [0.15, 0.2) is 30.3 Å². The minimum absolute atomic E-state index is 0.148. The highest BCUT2D eigenvalue weighted by Gasteiger charge is 2.41. The maximum absolute atomic E-state index is 12.6. The second-order valence-corrected chi connectivity index (χ2v) is 9.38. The highest BCUT2D eigenvalue weighted by molar-refractivity contribution is 7.89. The molecule has 0 spiro atoms. The first-order valence-electron chi connectivity index (χ1n) is 8.23. The lowest BCUT2D eigenvalue weighted by atomic mass is 9.97. The van der Waals surface area contributed by atoms with Gasteiger partial charge in [-0.1, -0.05) is 30.3 Å². The fraction of sp³-hybridized carbons (Fsp3) is 0.647. The van der Waals surface area contributed by atoms with Gasteiger partial charge in [-0.15, -0.1) is 0 Å². The van der Waals surface area contributed by atoms with Crippen LogP contribution in [0.25, 0.3) is 0 Å². The molecule has 0 N–H and O–H groups in total. The average molecular weight is 322 g/mol. The Morgan fingerprint density at radius 2 is 1.82 bits per heavy atom. The van der Waals surface area contributed by atoms with Gasteiger partial charge in [0, 0.05) is 32.2 Å². The van der Waals surface area contributed by atoms with Crippen molar-refractivity contribution in [2.24, 2.45) is 5.92 Å². The highest BCUT2D eigenvalue weighted by atomic mass is 32.2. The van der Waals surface area contributed by atoms with Gasteiger partial charge in [0.15, 0.2) is 0 Å². The summed E-state index contributed by atoms with van der Waals surface area (Å²) in [6.45, 7) is 7.07. The Hall–Kier alpha value is -0.910. The molecular weight excluding hydrogens is 296 g/mol. The van der Waals surface area contributed by atoms with Gasteiger partial charge in [-0.2, -0.15) is 4.31 Å². The molecule has 5 heteroatoms. The Balaban J connectivity index is 1.76. The highest BCUT2D eigenvalue weighted by Crippen LogP contribution is 2.31. The molecule has 2 bridgehead atoms. The van der Waals surface area contributed by atoms with E-state index in [4.69, 9.17) is 0 Å². The van der Waals surface area contributed by atoms with Crippen molar-refractivity contribution in [2.45, 2.75) is 44.5 Å². The van der Waals surface area contributed by atoms with Gasteiger partial charge in [-0.25, -0.2) is 8.42 Å². The maximum atomic E-state index is 12.6. The Morgan fingerprint density at radius 1 is 1.09 bits per heavy atom. The molecule has 0 aliphatic carbocycles. The van der Waals surface area contributed by atoms with E-state index in [-0.39, 0.29) is 11.3 Å². The number of piperidine rings is 1. The number of hydrogen-bond donors (Lipinski definition) is 0. The molecule has 22 heavy (non-hydrogen) atoms. The summed E-state index contributed by atoms with van der Waals surface area (Å²) in [5.74, 6) is 0.469. The molecule has 4 nitrogen and oxygen atoms in total. The number of hydrogen-bond acceptors (Lipinski definition) is 3. The van der Waals surface area contributed by atoms with Crippen LogP contribution in [-0.4, -0.2) is 48.5 Å². The van der Waals surface area contributed by atoms with Crippen molar-refractivity contribution in [1.29, 1.82) is 0 Å². The number of fused-ring (bicyclic) bond motifs is 4. The molecule has 3 fully saturated rings. The first-order chi connectivity index (χ1) is 10.5. The number of nitrogens with zero attached hydrogens (tertiary/aromatic N) is 2. The lowest BCUT2D eigenvalue weighted by molar-refractivity contribution is 0.224. The molecule has 3 heterocycles. The second kappa shape index (κ2) is 6.30. The zero-order chi connectivity index (χ0) is 15.7. The summed E-state index contributed by atoms with van der Waals surface area (Å²) in [5.41, 5.74) is 1.31. The van der Waals surface area contributed by atoms with E-state index in [9.17, 15) is 8.42 Å². The van der Waals surface area contributed by atoms with Crippen LogP contribution in [0.3, 0.4) is 0 Å². The number of sulfonamides is 1. The van der Waals surface area contributed by atoms with Crippen LogP contribution in [-0.2, 0) is 16.6 Å². The van der Waals surface area contributed by atoms with E-state index in [0.717, 1.165) is 32.5 Å². The third kappa shape index (κ3) is 3.21. The Bertz CT molecular complexity index is 600. The minimum Gasteiger partial charge on any atom is -0.297 e. The van der Waals surface area contributed by atoms with Crippen LogP contribution in [0.4, 0.5) is 0 Å². The van der Waals surface area contributed by atoms with Crippen molar-refractivity contribution in [3.05, 3.63) is 35.9 Å². The van der Waals surface area contributed by atoms with E-state index in [1.54, 1.807) is 18.2 Å². The summed E-state index contributed by atoms with van der Waals surface area (Å²) >= 11 is 0. The third-order valence-corrected chi connectivity index (χ3v) is 7.20. The van der Waals surface area contributed by atoms with Crippen LogP contribution >= 0.6 is 0 Å². The van der Waals surface area contributed by atoms with Gasteiger partial charge in [0.25, 0.3) is 0 Å². The molecule has 1 aromatic rings. The SMILES string of the molecule is CC(C)S(=O)(=O)N1C[C@@H]2CC[C@H]1CN(Cc1ccccc1)C2. The van der Waals surface area contributed by atoms with Crippen LogP contribution in [0, 0.1) is 5.92 Å². The largest absolute Gasteiger partial charge is 0.297 e. The van der Waals surface area contributed by atoms with Gasteiger partial charge in [0.1, 0.15) is 0 Å². The minimum atomic E-state index is -3.14. The molecule has 1 aromatic carbocycles. The van der Waals surface area contributed by atoms with E-state index in [0.29, 0.717) is 12.5 Å². The second-order valence-electron chi connectivity index (χ2n) is 6.94. The molecule has 0 unspecified atom stereocenters. The third-order valence-electron chi connectivity index (χ3n) is 4.91. The van der Waals surface area contributed by atoms with E-state index in [1.807, 2.05) is 6.07 Å². The van der Waals surface area contributed by atoms with E-state index < -0.39 is 10.0 Å². The average Bonchev–Trinajstić information content (AvgIpc) is 2.78.